The lowest BCUT2D eigenvalue weighted by Gasteiger charge is -2.30. The summed E-state index contributed by atoms with van der Waals surface area (Å²) in [5.74, 6) is 0.717. The van der Waals surface area contributed by atoms with Gasteiger partial charge in [-0.3, -0.25) is 9.59 Å². The van der Waals surface area contributed by atoms with E-state index in [9.17, 15) is 9.59 Å². The van der Waals surface area contributed by atoms with E-state index in [1.165, 1.54) is 0 Å². The number of carbonyl (C=O) groups excluding carboxylic acids is 2. The Labute approximate surface area is 192 Å². The van der Waals surface area contributed by atoms with E-state index in [2.05, 4.69) is 25.2 Å². The summed E-state index contributed by atoms with van der Waals surface area (Å²) in [5.41, 5.74) is 3.19. The molecule has 1 atom stereocenters. The standard InChI is InChI=1S/C27H36N2O3/c1-19(2)24-14-7-8-15-25(24)32-18-26(30)29(17-22-11-9-10-20(3)16-22)21(4)27(31)28-23-12-5-6-13-23/h7-11,14-16,19,21,23H,5-6,12-13,17-18H2,1-4H3,(H,28,31)/t21-/m0/s1. The van der Waals surface area contributed by atoms with Gasteiger partial charge in [-0.25, -0.2) is 0 Å². The summed E-state index contributed by atoms with van der Waals surface area (Å²) in [6.07, 6.45) is 4.32. The first-order valence-corrected chi connectivity index (χ1v) is 11.7. The lowest BCUT2D eigenvalue weighted by molar-refractivity contribution is -0.142. The van der Waals surface area contributed by atoms with Gasteiger partial charge in [0, 0.05) is 12.6 Å². The van der Waals surface area contributed by atoms with E-state index in [1.807, 2.05) is 49.4 Å². The van der Waals surface area contributed by atoms with E-state index in [4.69, 9.17) is 4.74 Å². The summed E-state index contributed by atoms with van der Waals surface area (Å²) in [5, 5.41) is 3.14. The molecular formula is C27H36N2O3. The molecule has 5 heteroatoms. The maximum absolute atomic E-state index is 13.3. The summed E-state index contributed by atoms with van der Waals surface area (Å²) >= 11 is 0. The number of hydrogen-bond acceptors (Lipinski definition) is 3. The van der Waals surface area contributed by atoms with Crippen LogP contribution in [0, 0.1) is 6.92 Å². The second-order valence-electron chi connectivity index (χ2n) is 9.16. The summed E-state index contributed by atoms with van der Waals surface area (Å²) in [4.78, 5) is 27.9. The summed E-state index contributed by atoms with van der Waals surface area (Å²) in [7, 11) is 0. The predicted molar refractivity (Wildman–Crippen MR) is 128 cm³/mol. The molecule has 2 aromatic carbocycles. The molecule has 0 bridgehead atoms. The Bertz CT molecular complexity index is 919. The molecule has 172 valence electrons. The van der Waals surface area contributed by atoms with Gasteiger partial charge in [-0.2, -0.15) is 0 Å². The minimum atomic E-state index is -0.576. The van der Waals surface area contributed by atoms with Crippen LogP contribution in [-0.2, 0) is 16.1 Å². The van der Waals surface area contributed by atoms with Crippen LogP contribution in [0.3, 0.4) is 0 Å². The molecule has 3 rings (SSSR count). The van der Waals surface area contributed by atoms with Crippen molar-refractivity contribution in [3.05, 3.63) is 65.2 Å². The number of nitrogens with zero attached hydrogens (tertiary/aromatic N) is 1. The summed E-state index contributed by atoms with van der Waals surface area (Å²) in [6, 6.07) is 15.5. The van der Waals surface area contributed by atoms with Crippen LogP contribution in [0.2, 0.25) is 0 Å². The zero-order valence-corrected chi connectivity index (χ0v) is 19.8. The van der Waals surface area contributed by atoms with Crippen LogP contribution >= 0.6 is 0 Å². The van der Waals surface area contributed by atoms with Gasteiger partial charge < -0.3 is 15.0 Å². The van der Waals surface area contributed by atoms with Crippen LogP contribution in [0.25, 0.3) is 0 Å². The van der Waals surface area contributed by atoms with Crippen molar-refractivity contribution in [2.24, 2.45) is 0 Å². The molecule has 0 heterocycles. The van der Waals surface area contributed by atoms with Gasteiger partial charge in [-0.15, -0.1) is 0 Å². The fourth-order valence-electron chi connectivity index (χ4n) is 4.29. The number of benzene rings is 2. The number of nitrogens with one attached hydrogen (secondary N) is 1. The molecule has 5 nitrogen and oxygen atoms in total. The molecule has 1 aliphatic carbocycles. The van der Waals surface area contributed by atoms with Crippen LogP contribution in [0.1, 0.15) is 69.1 Å². The van der Waals surface area contributed by atoms with Gasteiger partial charge in [-0.1, -0.05) is 74.7 Å². The highest BCUT2D eigenvalue weighted by Crippen LogP contribution is 2.26. The minimum Gasteiger partial charge on any atom is -0.483 e. The molecule has 2 amide bonds. The van der Waals surface area contributed by atoms with Crippen LogP contribution in [0.15, 0.2) is 48.5 Å². The fraction of sp³-hybridized carbons (Fsp3) is 0.481. The average Bonchev–Trinajstić information content (AvgIpc) is 3.28. The van der Waals surface area contributed by atoms with Gasteiger partial charge in [-0.05, 0) is 49.8 Å². The van der Waals surface area contributed by atoms with Crippen LogP contribution in [0.4, 0.5) is 0 Å². The van der Waals surface area contributed by atoms with E-state index in [0.29, 0.717) is 12.5 Å². The molecule has 0 radical (unpaired) electrons. The molecule has 0 saturated heterocycles. The molecule has 2 aromatic rings. The maximum atomic E-state index is 13.3. The second kappa shape index (κ2) is 11.2. The first-order valence-electron chi connectivity index (χ1n) is 11.7. The predicted octanol–water partition coefficient (Wildman–Crippen LogP) is 4.97. The third-order valence-electron chi connectivity index (χ3n) is 6.20. The van der Waals surface area contributed by atoms with E-state index < -0.39 is 6.04 Å². The van der Waals surface area contributed by atoms with Crippen LogP contribution in [0.5, 0.6) is 5.75 Å². The Kier molecular flexibility index (Phi) is 8.32. The lowest BCUT2D eigenvalue weighted by Crippen LogP contribution is -2.50. The highest BCUT2D eigenvalue weighted by molar-refractivity contribution is 5.88. The van der Waals surface area contributed by atoms with Gasteiger partial charge in [0.25, 0.3) is 5.91 Å². The molecule has 0 spiro atoms. The van der Waals surface area contributed by atoms with Gasteiger partial charge in [0.05, 0.1) is 0 Å². The quantitative estimate of drug-likeness (QED) is 0.604. The van der Waals surface area contributed by atoms with Crippen molar-refractivity contribution < 1.29 is 14.3 Å². The normalized spacial score (nSPS) is 14.9. The molecule has 1 N–H and O–H groups in total. The Morgan fingerprint density at radius 2 is 1.78 bits per heavy atom. The van der Waals surface area contributed by atoms with Crippen molar-refractivity contribution >= 4 is 11.8 Å². The molecule has 1 saturated carbocycles. The Morgan fingerprint density at radius 1 is 1.06 bits per heavy atom. The smallest absolute Gasteiger partial charge is 0.261 e. The van der Waals surface area contributed by atoms with E-state index in [0.717, 1.165) is 48.1 Å². The topological polar surface area (TPSA) is 58.6 Å². The van der Waals surface area contributed by atoms with E-state index in [1.54, 1.807) is 11.8 Å². The Balaban J connectivity index is 1.74. The lowest BCUT2D eigenvalue weighted by atomic mass is 10.0. The number of hydrogen-bond donors (Lipinski definition) is 1. The SMILES string of the molecule is Cc1cccc(CN(C(=O)COc2ccccc2C(C)C)[C@@H](C)C(=O)NC2CCCC2)c1. The molecule has 1 aliphatic rings. The van der Waals surface area contributed by atoms with Gasteiger partial charge >= 0.3 is 0 Å². The minimum absolute atomic E-state index is 0.0968. The first-order chi connectivity index (χ1) is 15.3. The number of carbonyl (C=O) groups is 2. The number of rotatable bonds is 9. The van der Waals surface area contributed by atoms with Crippen molar-refractivity contribution in [3.63, 3.8) is 0 Å². The number of aryl methyl sites for hydroxylation is 1. The van der Waals surface area contributed by atoms with Gasteiger partial charge in [0.2, 0.25) is 5.91 Å². The van der Waals surface area contributed by atoms with E-state index in [-0.39, 0.29) is 24.5 Å². The van der Waals surface area contributed by atoms with Crippen molar-refractivity contribution in [2.75, 3.05) is 6.61 Å². The number of para-hydroxylation sites is 1. The zero-order valence-electron chi connectivity index (χ0n) is 19.8. The van der Waals surface area contributed by atoms with Gasteiger partial charge in [0.1, 0.15) is 11.8 Å². The molecule has 1 fully saturated rings. The number of amides is 2. The monoisotopic (exact) mass is 436 g/mol. The van der Waals surface area contributed by atoms with Crippen LogP contribution < -0.4 is 10.1 Å². The first kappa shape index (κ1) is 23.8. The molecule has 32 heavy (non-hydrogen) atoms. The molecule has 0 aliphatic heterocycles. The third-order valence-corrected chi connectivity index (χ3v) is 6.20. The highest BCUT2D eigenvalue weighted by atomic mass is 16.5. The summed E-state index contributed by atoms with van der Waals surface area (Å²) in [6.45, 7) is 8.30. The summed E-state index contributed by atoms with van der Waals surface area (Å²) < 4.78 is 5.94. The van der Waals surface area contributed by atoms with Crippen molar-refractivity contribution in [3.8, 4) is 5.75 Å². The van der Waals surface area contributed by atoms with Crippen molar-refractivity contribution in [1.29, 1.82) is 0 Å². The zero-order chi connectivity index (χ0) is 23.1. The molecular weight excluding hydrogens is 400 g/mol. The molecule has 0 unspecified atom stereocenters. The molecule has 0 aromatic heterocycles. The number of ether oxygens (including phenoxy) is 1. The largest absolute Gasteiger partial charge is 0.483 e. The average molecular weight is 437 g/mol. The third kappa shape index (κ3) is 6.35. The van der Waals surface area contributed by atoms with Crippen molar-refractivity contribution in [2.45, 2.75) is 77.9 Å². The second-order valence-corrected chi connectivity index (χ2v) is 9.16. The van der Waals surface area contributed by atoms with Gasteiger partial charge in [0.15, 0.2) is 6.61 Å². The Hall–Kier alpha value is -2.82. The maximum Gasteiger partial charge on any atom is 0.261 e. The van der Waals surface area contributed by atoms with Crippen molar-refractivity contribution in [1.82, 2.24) is 10.2 Å². The van der Waals surface area contributed by atoms with Crippen LogP contribution in [-0.4, -0.2) is 35.4 Å². The highest BCUT2D eigenvalue weighted by Gasteiger charge is 2.29. The Morgan fingerprint density at radius 3 is 2.47 bits per heavy atom. The fourth-order valence-corrected chi connectivity index (χ4v) is 4.29. The van der Waals surface area contributed by atoms with E-state index >= 15 is 0 Å².